The van der Waals surface area contributed by atoms with E-state index in [0.29, 0.717) is 25.1 Å². The van der Waals surface area contributed by atoms with Crippen LogP contribution >= 0.6 is 0 Å². The van der Waals surface area contributed by atoms with Crippen molar-refractivity contribution in [2.75, 3.05) is 39.5 Å². The molecule has 43 heavy (non-hydrogen) atoms. The molecule has 0 radical (unpaired) electrons. The van der Waals surface area contributed by atoms with Gasteiger partial charge < -0.3 is 30.7 Å². The van der Waals surface area contributed by atoms with E-state index in [1.54, 1.807) is 24.3 Å². The lowest BCUT2D eigenvalue weighted by Gasteiger charge is -2.26. The Balaban J connectivity index is 1.49. The third kappa shape index (κ3) is 10.1. The molecule has 4 N–H and O–H groups in total. The Morgan fingerprint density at radius 1 is 1.00 bits per heavy atom. The normalized spacial score (nSPS) is 20.9. The van der Waals surface area contributed by atoms with Crippen molar-refractivity contribution in [3.63, 3.8) is 0 Å². The summed E-state index contributed by atoms with van der Waals surface area (Å²) in [5.74, 6) is -1.32. The highest BCUT2D eigenvalue weighted by atomic mass is 16.5. The van der Waals surface area contributed by atoms with Crippen LogP contribution in [0.1, 0.15) is 54.6 Å². The van der Waals surface area contributed by atoms with Gasteiger partial charge in [0.1, 0.15) is 17.8 Å². The first-order chi connectivity index (χ1) is 20.8. The van der Waals surface area contributed by atoms with E-state index in [9.17, 15) is 19.2 Å². The SMILES string of the molecule is CC(C)C[C@@H]1NC(=O)C[C@@H](C(=O)NCc2cccc(CN3CCOCC3)c2)NC(=O)c2ccccc2OCCCNC1=O. The predicted octanol–water partition coefficient (Wildman–Crippen LogP) is 1.75. The van der Waals surface area contributed by atoms with Gasteiger partial charge in [0, 0.05) is 32.7 Å². The Labute approximate surface area is 253 Å². The van der Waals surface area contributed by atoms with E-state index in [0.717, 1.165) is 44.0 Å². The number of morpholine rings is 1. The molecular formula is C32H43N5O6. The number of nitrogens with one attached hydrogen (secondary N) is 4. The summed E-state index contributed by atoms with van der Waals surface area (Å²) in [7, 11) is 0. The second-order valence-electron chi connectivity index (χ2n) is 11.4. The van der Waals surface area contributed by atoms with Crippen molar-refractivity contribution in [1.29, 1.82) is 0 Å². The predicted molar refractivity (Wildman–Crippen MR) is 161 cm³/mol. The van der Waals surface area contributed by atoms with E-state index >= 15 is 0 Å². The summed E-state index contributed by atoms with van der Waals surface area (Å²) in [6.45, 7) is 8.76. The highest BCUT2D eigenvalue weighted by Gasteiger charge is 2.29. The highest BCUT2D eigenvalue weighted by Crippen LogP contribution is 2.19. The van der Waals surface area contributed by atoms with Crippen LogP contribution in [0.2, 0.25) is 0 Å². The van der Waals surface area contributed by atoms with Crippen LogP contribution in [0.5, 0.6) is 5.75 Å². The van der Waals surface area contributed by atoms with Crippen molar-refractivity contribution in [2.45, 2.75) is 58.3 Å². The largest absolute Gasteiger partial charge is 0.493 e. The molecule has 0 bridgehead atoms. The van der Waals surface area contributed by atoms with E-state index < -0.39 is 29.8 Å². The maximum Gasteiger partial charge on any atom is 0.255 e. The Bertz CT molecular complexity index is 1260. The molecule has 2 aromatic carbocycles. The Hall–Kier alpha value is -3.96. The van der Waals surface area contributed by atoms with Gasteiger partial charge in [-0.1, -0.05) is 50.2 Å². The molecule has 2 aliphatic rings. The van der Waals surface area contributed by atoms with Crippen molar-refractivity contribution in [1.82, 2.24) is 26.2 Å². The Kier molecular flexibility index (Phi) is 11.9. The molecule has 0 aliphatic carbocycles. The minimum absolute atomic E-state index is 0.147. The summed E-state index contributed by atoms with van der Waals surface area (Å²) in [6, 6.07) is 12.8. The number of amides is 4. The number of rotatable bonds is 7. The quantitative estimate of drug-likeness (QED) is 0.384. The van der Waals surface area contributed by atoms with Crippen molar-refractivity contribution < 1.29 is 28.7 Å². The molecule has 2 atom stereocenters. The van der Waals surface area contributed by atoms with Gasteiger partial charge in [-0.2, -0.15) is 0 Å². The van der Waals surface area contributed by atoms with E-state index in [1.807, 2.05) is 32.0 Å². The molecule has 0 unspecified atom stereocenters. The van der Waals surface area contributed by atoms with Gasteiger partial charge in [0.25, 0.3) is 5.91 Å². The van der Waals surface area contributed by atoms with E-state index in [2.05, 4.69) is 32.2 Å². The van der Waals surface area contributed by atoms with Gasteiger partial charge in [0.2, 0.25) is 17.7 Å². The zero-order valence-electron chi connectivity index (χ0n) is 25.0. The minimum atomic E-state index is -1.18. The smallest absolute Gasteiger partial charge is 0.255 e. The lowest BCUT2D eigenvalue weighted by atomic mass is 10.0. The molecular weight excluding hydrogens is 550 g/mol. The van der Waals surface area contributed by atoms with Crippen LogP contribution in [0.4, 0.5) is 0 Å². The van der Waals surface area contributed by atoms with Gasteiger partial charge >= 0.3 is 0 Å². The molecule has 0 aromatic heterocycles. The molecule has 4 rings (SSSR count). The van der Waals surface area contributed by atoms with E-state index in [4.69, 9.17) is 9.47 Å². The first-order valence-electron chi connectivity index (χ1n) is 15.0. The fourth-order valence-electron chi connectivity index (χ4n) is 5.12. The number of fused-ring (bicyclic) bond motifs is 1. The molecule has 1 saturated heterocycles. The number of carbonyl (C=O) groups excluding carboxylic acids is 4. The van der Waals surface area contributed by atoms with Crippen molar-refractivity contribution >= 4 is 23.6 Å². The van der Waals surface area contributed by atoms with Crippen molar-refractivity contribution in [3.8, 4) is 5.75 Å². The number of hydrogen-bond acceptors (Lipinski definition) is 7. The molecule has 4 amide bonds. The maximum atomic E-state index is 13.5. The third-order valence-electron chi connectivity index (χ3n) is 7.35. The number of benzene rings is 2. The van der Waals surface area contributed by atoms with Crippen molar-refractivity contribution in [2.24, 2.45) is 5.92 Å². The highest BCUT2D eigenvalue weighted by molar-refractivity contribution is 6.01. The first-order valence-corrected chi connectivity index (χ1v) is 15.0. The average Bonchev–Trinajstić information content (AvgIpc) is 2.99. The number of nitrogens with zero attached hydrogens (tertiary/aromatic N) is 1. The lowest BCUT2D eigenvalue weighted by Crippen LogP contribution is -2.52. The molecule has 2 aromatic rings. The van der Waals surface area contributed by atoms with Gasteiger partial charge in [0.05, 0.1) is 31.8 Å². The van der Waals surface area contributed by atoms with Gasteiger partial charge in [-0.05, 0) is 42.0 Å². The molecule has 0 spiro atoms. The summed E-state index contributed by atoms with van der Waals surface area (Å²) < 4.78 is 11.3. The number of para-hydroxylation sites is 1. The van der Waals surface area contributed by atoms with Crippen LogP contribution in [0, 0.1) is 5.92 Å². The standard InChI is InChI=1S/C32H43N5O6/c1-22(2)17-26-31(40)33-11-6-14-43-28-10-4-3-9-25(28)30(39)36-27(19-29(38)35-26)32(41)34-20-23-7-5-8-24(18-23)21-37-12-15-42-16-13-37/h3-5,7-10,18,22,26-27H,6,11-17,19-21H2,1-2H3,(H,33,40)(H,34,41)(H,35,38)(H,36,39)/t26-,27-/m0/s1. The van der Waals surface area contributed by atoms with Crippen LogP contribution in [0.3, 0.4) is 0 Å². The molecule has 11 heteroatoms. The van der Waals surface area contributed by atoms with Crippen LogP contribution < -0.4 is 26.0 Å². The maximum absolute atomic E-state index is 13.5. The molecule has 1 fully saturated rings. The summed E-state index contributed by atoms with van der Waals surface area (Å²) in [6.07, 6.45) is 0.617. The Morgan fingerprint density at radius 2 is 1.77 bits per heavy atom. The van der Waals surface area contributed by atoms with Gasteiger partial charge in [-0.25, -0.2) is 0 Å². The number of carbonyl (C=O) groups is 4. The Morgan fingerprint density at radius 3 is 2.56 bits per heavy atom. The number of ether oxygens (including phenoxy) is 2. The van der Waals surface area contributed by atoms with E-state index in [-0.39, 0.29) is 37.0 Å². The molecule has 2 aliphatic heterocycles. The fourth-order valence-corrected chi connectivity index (χ4v) is 5.12. The fraction of sp³-hybridized carbons (Fsp3) is 0.500. The van der Waals surface area contributed by atoms with Crippen LogP contribution in [-0.2, 0) is 32.2 Å². The molecule has 0 saturated carbocycles. The summed E-state index contributed by atoms with van der Waals surface area (Å²) in [5, 5.41) is 11.3. The molecule has 2 heterocycles. The van der Waals surface area contributed by atoms with Gasteiger partial charge in [-0.15, -0.1) is 0 Å². The minimum Gasteiger partial charge on any atom is -0.493 e. The van der Waals surface area contributed by atoms with E-state index in [1.165, 1.54) is 0 Å². The van der Waals surface area contributed by atoms with Crippen molar-refractivity contribution in [3.05, 3.63) is 65.2 Å². The average molecular weight is 594 g/mol. The summed E-state index contributed by atoms with van der Waals surface area (Å²) >= 11 is 0. The lowest BCUT2D eigenvalue weighted by molar-refractivity contribution is -0.131. The second-order valence-corrected chi connectivity index (χ2v) is 11.4. The van der Waals surface area contributed by atoms with Crippen LogP contribution in [0.15, 0.2) is 48.5 Å². The summed E-state index contributed by atoms with van der Waals surface area (Å²) in [5.41, 5.74) is 2.29. The van der Waals surface area contributed by atoms with Crippen LogP contribution in [0.25, 0.3) is 0 Å². The molecule has 232 valence electrons. The van der Waals surface area contributed by atoms with Crippen LogP contribution in [-0.4, -0.2) is 80.1 Å². The zero-order chi connectivity index (χ0) is 30.6. The topological polar surface area (TPSA) is 138 Å². The van der Waals surface area contributed by atoms with Gasteiger partial charge in [-0.3, -0.25) is 24.1 Å². The zero-order valence-corrected chi connectivity index (χ0v) is 25.0. The summed E-state index contributed by atoms with van der Waals surface area (Å²) in [4.78, 5) is 55.2. The van der Waals surface area contributed by atoms with Gasteiger partial charge in [0.15, 0.2) is 0 Å². The first kappa shape index (κ1) is 32.0. The monoisotopic (exact) mass is 593 g/mol. The molecule has 11 nitrogen and oxygen atoms in total. The number of hydrogen-bond donors (Lipinski definition) is 4. The third-order valence-corrected chi connectivity index (χ3v) is 7.35. The second kappa shape index (κ2) is 16.0.